The molecule has 126 valence electrons. The summed E-state index contributed by atoms with van der Waals surface area (Å²) in [5.41, 5.74) is 0.305. The van der Waals surface area contributed by atoms with Crippen molar-refractivity contribution in [3.63, 3.8) is 0 Å². The Kier molecular flexibility index (Phi) is 5.33. The van der Waals surface area contributed by atoms with E-state index in [4.69, 9.17) is 16.7 Å². The number of aliphatic hydroxyl groups excluding tert-OH is 1. The quantitative estimate of drug-likeness (QED) is 0.890. The summed E-state index contributed by atoms with van der Waals surface area (Å²) in [6.45, 7) is 2.75. The van der Waals surface area contributed by atoms with Gasteiger partial charge in [-0.25, -0.2) is 9.97 Å². The number of rotatable bonds is 5. The van der Waals surface area contributed by atoms with Crippen molar-refractivity contribution < 1.29 is 9.90 Å². The van der Waals surface area contributed by atoms with Gasteiger partial charge in [-0.3, -0.25) is 4.79 Å². The van der Waals surface area contributed by atoms with Crippen LogP contribution in [0.2, 0.25) is 5.02 Å². The first-order chi connectivity index (χ1) is 11.2. The maximum absolute atomic E-state index is 12.9. The van der Waals surface area contributed by atoms with Crippen molar-refractivity contribution >= 4 is 23.5 Å². The largest absolute Gasteiger partial charge is 0.396 e. The third kappa shape index (κ3) is 3.58. The van der Waals surface area contributed by atoms with Crippen molar-refractivity contribution in [3.05, 3.63) is 16.9 Å². The van der Waals surface area contributed by atoms with Crippen molar-refractivity contribution in [1.82, 2.24) is 14.9 Å². The second-order valence-electron chi connectivity index (χ2n) is 6.22. The van der Waals surface area contributed by atoms with Crippen LogP contribution in [0.25, 0.3) is 0 Å². The fourth-order valence-electron chi connectivity index (χ4n) is 3.44. The molecule has 1 atom stereocenters. The van der Waals surface area contributed by atoms with E-state index < -0.39 is 0 Å². The number of anilines is 1. The molecule has 3 rings (SSSR count). The van der Waals surface area contributed by atoms with E-state index in [2.05, 4.69) is 14.9 Å². The maximum atomic E-state index is 12.9. The lowest BCUT2D eigenvalue weighted by Gasteiger charge is -2.25. The van der Waals surface area contributed by atoms with Gasteiger partial charge in [0.2, 0.25) is 5.95 Å². The van der Waals surface area contributed by atoms with E-state index in [1.165, 1.54) is 6.20 Å². The van der Waals surface area contributed by atoms with Crippen molar-refractivity contribution in [2.45, 2.75) is 44.6 Å². The van der Waals surface area contributed by atoms with Crippen LogP contribution in [0.3, 0.4) is 0 Å². The first-order valence-corrected chi connectivity index (χ1v) is 8.78. The van der Waals surface area contributed by atoms with Crippen LogP contribution in [0.4, 0.5) is 5.95 Å². The first kappa shape index (κ1) is 16.5. The molecule has 1 aromatic rings. The molecule has 0 saturated carbocycles. The van der Waals surface area contributed by atoms with Gasteiger partial charge in [-0.05, 0) is 38.5 Å². The predicted octanol–water partition coefficient (Wildman–Crippen LogP) is 2.11. The van der Waals surface area contributed by atoms with Gasteiger partial charge < -0.3 is 14.9 Å². The lowest BCUT2D eigenvalue weighted by molar-refractivity contribution is 0.0718. The van der Waals surface area contributed by atoms with E-state index in [1.807, 2.05) is 4.90 Å². The van der Waals surface area contributed by atoms with E-state index in [1.54, 1.807) is 0 Å². The SMILES string of the molecule is O=C(c1nc(N2CCCC2)ncc1Cl)N1CCCC1CCCO. The molecule has 1 N–H and O–H groups in total. The number of carbonyl (C=O) groups is 1. The Balaban J connectivity index is 1.79. The van der Waals surface area contributed by atoms with Gasteiger partial charge in [-0.15, -0.1) is 0 Å². The highest BCUT2D eigenvalue weighted by molar-refractivity contribution is 6.33. The highest BCUT2D eigenvalue weighted by Gasteiger charge is 2.31. The Morgan fingerprint density at radius 2 is 2.09 bits per heavy atom. The third-order valence-electron chi connectivity index (χ3n) is 4.66. The molecule has 2 fully saturated rings. The molecule has 3 heterocycles. The van der Waals surface area contributed by atoms with E-state index >= 15 is 0 Å². The number of aliphatic hydroxyl groups is 1. The Labute approximate surface area is 141 Å². The van der Waals surface area contributed by atoms with Crippen LogP contribution < -0.4 is 4.90 Å². The van der Waals surface area contributed by atoms with Crippen molar-refractivity contribution in [2.75, 3.05) is 31.1 Å². The lowest BCUT2D eigenvalue weighted by Crippen LogP contribution is -2.36. The second-order valence-corrected chi connectivity index (χ2v) is 6.63. The van der Waals surface area contributed by atoms with Gasteiger partial charge in [0.15, 0.2) is 5.69 Å². The minimum atomic E-state index is -0.113. The van der Waals surface area contributed by atoms with Crippen molar-refractivity contribution in [3.8, 4) is 0 Å². The minimum absolute atomic E-state index is 0.113. The van der Waals surface area contributed by atoms with Gasteiger partial charge in [0.05, 0.1) is 11.2 Å². The number of halogens is 1. The number of likely N-dealkylation sites (tertiary alicyclic amines) is 1. The summed E-state index contributed by atoms with van der Waals surface area (Å²) >= 11 is 6.20. The summed E-state index contributed by atoms with van der Waals surface area (Å²) in [7, 11) is 0. The number of nitrogens with zero attached hydrogens (tertiary/aromatic N) is 4. The Bertz CT molecular complexity index is 563. The molecule has 23 heavy (non-hydrogen) atoms. The van der Waals surface area contributed by atoms with E-state index in [9.17, 15) is 4.79 Å². The number of hydrogen-bond donors (Lipinski definition) is 1. The van der Waals surface area contributed by atoms with E-state index in [0.29, 0.717) is 23.1 Å². The highest BCUT2D eigenvalue weighted by atomic mass is 35.5. The van der Waals surface area contributed by atoms with Gasteiger partial charge in [0.25, 0.3) is 5.91 Å². The molecular formula is C16H23ClN4O2. The summed E-state index contributed by atoms with van der Waals surface area (Å²) in [6.07, 6.45) is 7.30. The summed E-state index contributed by atoms with van der Waals surface area (Å²) < 4.78 is 0. The van der Waals surface area contributed by atoms with Crippen molar-refractivity contribution in [2.24, 2.45) is 0 Å². The average Bonchev–Trinajstić information content (AvgIpc) is 3.24. The van der Waals surface area contributed by atoms with Crippen LogP contribution in [-0.2, 0) is 0 Å². The van der Waals surface area contributed by atoms with Gasteiger partial charge >= 0.3 is 0 Å². The summed E-state index contributed by atoms with van der Waals surface area (Å²) in [5.74, 6) is 0.486. The van der Waals surface area contributed by atoms with E-state index in [-0.39, 0.29) is 18.6 Å². The molecule has 0 radical (unpaired) electrons. The normalized spacial score (nSPS) is 21.2. The zero-order valence-electron chi connectivity index (χ0n) is 13.2. The molecule has 1 aromatic heterocycles. The van der Waals surface area contributed by atoms with Crippen LogP contribution in [0.1, 0.15) is 49.0 Å². The monoisotopic (exact) mass is 338 g/mol. The number of amides is 1. The fourth-order valence-corrected chi connectivity index (χ4v) is 3.62. The van der Waals surface area contributed by atoms with Crippen LogP contribution in [0.5, 0.6) is 0 Å². The average molecular weight is 339 g/mol. The molecule has 0 aromatic carbocycles. The third-order valence-corrected chi connectivity index (χ3v) is 4.93. The summed E-state index contributed by atoms with van der Waals surface area (Å²) in [5, 5.41) is 9.33. The Hall–Kier alpha value is -1.40. The highest BCUT2D eigenvalue weighted by Crippen LogP contribution is 2.26. The minimum Gasteiger partial charge on any atom is -0.396 e. The Morgan fingerprint density at radius 3 is 2.83 bits per heavy atom. The first-order valence-electron chi connectivity index (χ1n) is 8.40. The van der Waals surface area contributed by atoms with Crippen LogP contribution in [0, 0.1) is 0 Å². The summed E-state index contributed by atoms with van der Waals surface area (Å²) in [6, 6.07) is 0.177. The maximum Gasteiger partial charge on any atom is 0.274 e. The molecule has 2 aliphatic rings. The standard InChI is InChI=1S/C16H23ClN4O2/c17-13-11-18-16(20-7-1-2-8-20)19-14(13)15(23)21-9-3-5-12(21)6-4-10-22/h11-12,22H,1-10H2. The van der Waals surface area contributed by atoms with Crippen LogP contribution >= 0.6 is 11.6 Å². The predicted molar refractivity (Wildman–Crippen MR) is 88.9 cm³/mol. The Morgan fingerprint density at radius 1 is 1.30 bits per heavy atom. The number of hydrogen-bond acceptors (Lipinski definition) is 5. The van der Waals surface area contributed by atoms with Crippen molar-refractivity contribution in [1.29, 1.82) is 0 Å². The lowest BCUT2D eigenvalue weighted by atomic mass is 10.1. The molecule has 6 nitrogen and oxygen atoms in total. The van der Waals surface area contributed by atoms with Gasteiger partial charge in [-0.1, -0.05) is 11.6 Å². The van der Waals surface area contributed by atoms with Gasteiger partial charge in [-0.2, -0.15) is 0 Å². The molecular weight excluding hydrogens is 316 g/mol. The zero-order chi connectivity index (χ0) is 16.2. The van der Waals surface area contributed by atoms with E-state index in [0.717, 1.165) is 51.7 Å². The molecule has 1 unspecified atom stereocenters. The van der Waals surface area contributed by atoms with Gasteiger partial charge in [0, 0.05) is 32.3 Å². The second kappa shape index (κ2) is 7.45. The molecule has 0 bridgehead atoms. The molecule has 0 aliphatic carbocycles. The molecule has 7 heteroatoms. The topological polar surface area (TPSA) is 69.6 Å². The number of aromatic nitrogens is 2. The molecule has 1 amide bonds. The summed E-state index contributed by atoms with van der Waals surface area (Å²) in [4.78, 5) is 25.6. The zero-order valence-corrected chi connectivity index (χ0v) is 14.0. The fraction of sp³-hybridized carbons (Fsp3) is 0.688. The molecule has 2 saturated heterocycles. The smallest absolute Gasteiger partial charge is 0.274 e. The van der Waals surface area contributed by atoms with Crippen LogP contribution in [-0.4, -0.2) is 58.2 Å². The number of carbonyl (C=O) groups excluding carboxylic acids is 1. The molecule has 2 aliphatic heterocycles. The van der Waals surface area contributed by atoms with Crippen LogP contribution in [0.15, 0.2) is 6.20 Å². The molecule has 0 spiro atoms. The van der Waals surface area contributed by atoms with Gasteiger partial charge in [0.1, 0.15) is 0 Å².